The average Bonchev–Trinajstić information content (AvgIpc) is 3.17. The number of hydrogen-bond donors (Lipinski definition) is 1. The molecular formula is C13H11F2N3. The fraction of sp³-hybridized carbons (Fsp3) is 0.231. The SMILES string of the molecule is Fc1ccc(F)c(-c2ccc(NC3CC3)nn2)c1. The van der Waals surface area contributed by atoms with E-state index in [2.05, 4.69) is 15.5 Å². The summed E-state index contributed by atoms with van der Waals surface area (Å²) in [5.74, 6) is -0.333. The van der Waals surface area contributed by atoms with Gasteiger partial charge in [-0.1, -0.05) is 0 Å². The van der Waals surface area contributed by atoms with Crippen LogP contribution in [0.15, 0.2) is 30.3 Å². The molecule has 18 heavy (non-hydrogen) atoms. The molecule has 0 bridgehead atoms. The number of anilines is 1. The highest BCUT2D eigenvalue weighted by atomic mass is 19.1. The molecule has 92 valence electrons. The van der Waals surface area contributed by atoms with Crippen molar-refractivity contribution in [3.8, 4) is 11.3 Å². The molecule has 1 saturated carbocycles. The lowest BCUT2D eigenvalue weighted by Crippen LogP contribution is -2.04. The van der Waals surface area contributed by atoms with E-state index < -0.39 is 11.6 Å². The zero-order chi connectivity index (χ0) is 12.5. The Morgan fingerprint density at radius 2 is 1.89 bits per heavy atom. The molecule has 0 unspecified atom stereocenters. The van der Waals surface area contributed by atoms with Crippen LogP contribution >= 0.6 is 0 Å². The lowest BCUT2D eigenvalue weighted by atomic mass is 10.1. The topological polar surface area (TPSA) is 37.8 Å². The summed E-state index contributed by atoms with van der Waals surface area (Å²) in [7, 11) is 0. The summed E-state index contributed by atoms with van der Waals surface area (Å²) >= 11 is 0. The third kappa shape index (κ3) is 2.30. The molecule has 2 aromatic rings. The molecule has 3 rings (SSSR count). The average molecular weight is 247 g/mol. The standard InChI is InChI=1S/C13H11F2N3/c14-8-1-4-11(15)10(7-8)12-5-6-13(18-17-12)16-9-2-3-9/h1,4-7,9H,2-3H2,(H,16,18). The van der Waals surface area contributed by atoms with E-state index >= 15 is 0 Å². The molecule has 0 aliphatic heterocycles. The molecule has 1 heterocycles. The Morgan fingerprint density at radius 3 is 2.56 bits per heavy atom. The van der Waals surface area contributed by atoms with Gasteiger partial charge in [0.15, 0.2) is 0 Å². The van der Waals surface area contributed by atoms with Crippen molar-refractivity contribution >= 4 is 5.82 Å². The van der Waals surface area contributed by atoms with Crippen LogP contribution in [0.1, 0.15) is 12.8 Å². The lowest BCUT2D eigenvalue weighted by molar-refractivity contribution is 0.602. The zero-order valence-corrected chi connectivity index (χ0v) is 9.53. The highest BCUT2D eigenvalue weighted by Crippen LogP contribution is 2.25. The van der Waals surface area contributed by atoms with Crippen LogP contribution in [-0.2, 0) is 0 Å². The Balaban J connectivity index is 1.88. The van der Waals surface area contributed by atoms with Gasteiger partial charge < -0.3 is 5.32 Å². The van der Waals surface area contributed by atoms with Crippen LogP contribution in [0.2, 0.25) is 0 Å². The Kier molecular flexibility index (Phi) is 2.66. The second kappa shape index (κ2) is 4.33. The number of hydrogen-bond acceptors (Lipinski definition) is 3. The van der Waals surface area contributed by atoms with Crippen molar-refractivity contribution in [1.82, 2.24) is 10.2 Å². The fourth-order valence-electron chi connectivity index (χ4n) is 1.68. The number of aromatic nitrogens is 2. The van der Waals surface area contributed by atoms with Crippen molar-refractivity contribution in [3.05, 3.63) is 42.0 Å². The van der Waals surface area contributed by atoms with Crippen molar-refractivity contribution in [2.75, 3.05) is 5.32 Å². The molecule has 3 nitrogen and oxygen atoms in total. The molecule has 0 amide bonds. The molecule has 1 aliphatic carbocycles. The predicted molar refractivity (Wildman–Crippen MR) is 64.0 cm³/mol. The van der Waals surface area contributed by atoms with Gasteiger partial charge in [-0.15, -0.1) is 10.2 Å². The smallest absolute Gasteiger partial charge is 0.148 e. The first kappa shape index (κ1) is 11.1. The van der Waals surface area contributed by atoms with Gasteiger partial charge in [0.05, 0.1) is 5.69 Å². The normalized spacial score (nSPS) is 14.6. The molecule has 0 spiro atoms. The maximum atomic E-state index is 13.5. The van der Waals surface area contributed by atoms with Crippen molar-refractivity contribution in [1.29, 1.82) is 0 Å². The van der Waals surface area contributed by atoms with Gasteiger partial charge >= 0.3 is 0 Å². The molecular weight excluding hydrogens is 236 g/mol. The maximum absolute atomic E-state index is 13.5. The number of rotatable bonds is 3. The first-order valence-electron chi connectivity index (χ1n) is 5.78. The van der Waals surface area contributed by atoms with Crippen molar-refractivity contribution in [2.45, 2.75) is 18.9 Å². The van der Waals surface area contributed by atoms with Crippen LogP contribution in [0.3, 0.4) is 0 Å². The minimum Gasteiger partial charge on any atom is -0.366 e. The van der Waals surface area contributed by atoms with Gasteiger partial charge in [-0.3, -0.25) is 0 Å². The van der Waals surface area contributed by atoms with Gasteiger partial charge in [-0.25, -0.2) is 8.78 Å². The van der Waals surface area contributed by atoms with Crippen LogP contribution in [0.5, 0.6) is 0 Å². The molecule has 0 radical (unpaired) electrons. The van der Waals surface area contributed by atoms with E-state index in [-0.39, 0.29) is 5.56 Å². The Bertz CT molecular complexity index is 565. The Hall–Kier alpha value is -2.04. The molecule has 1 aromatic carbocycles. The highest BCUT2D eigenvalue weighted by Gasteiger charge is 2.21. The molecule has 1 aliphatic rings. The van der Waals surface area contributed by atoms with Gasteiger partial charge in [0.1, 0.15) is 17.5 Å². The van der Waals surface area contributed by atoms with Crippen molar-refractivity contribution in [2.24, 2.45) is 0 Å². The zero-order valence-electron chi connectivity index (χ0n) is 9.53. The molecule has 0 saturated heterocycles. The summed E-state index contributed by atoms with van der Waals surface area (Å²) < 4.78 is 26.6. The quantitative estimate of drug-likeness (QED) is 0.906. The number of benzene rings is 1. The first-order chi connectivity index (χ1) is 8.72. The molecule has 1 fully saturated rings. The van der Waals surface area contributed by atoms with Crippen LogP contribution in [0, 0.1) is 11.6 Å². The first-order valence-corrected chi connectivity index (χ1v) is 5.78. The van der Waals surface area contributed by atoms with E-state index in [4.69, 9.17) is 0 Å². The van der Waals surface area contributed by atoms with E-state index in [1.165, 1.54) is 0 Å². The van der Waals surface area contributed by atoms with Crippen LogP contribution < -0.4 is 5.32 Å². The van der Waals surface area contributed by atoms with Crippen LogP contribution in [-0.4, -0.2) is 16.2 Å². The third-order valence-corrected chi connectivity index (χ3v) is 2.80. The number of nitrogens with zero attached hydrogens (tertiary/aromatic N) is 2. The summed E-state index contributed by atoms with van der Waals surface area (Å²) in [4.78, 5) is 0. The largest absolute Gasteiger partial charge is 0.366 e. The Morgan fingerprint density at radius 1 is 1.06 bits per heavy atom. The Labute approximate surface area is 103 Å². The minimum atomic E-state index is -0.506. The van der Waals surface area contributed by atoms with E-state index in [0.717, 1.165) is 31.0 Å². The summed E-state index contributed by atoms with van der Waals surface area (Å²) in [6, 6.07) is 7.13. The van der Waals surface area contributed by atoms with E-state index in [1.807, 2.05) is 0 Å². The second-order valence-electron chi connectivity index (χ2n) is 4.35. The van der Waals surface area contributed by atoms with Crippen LogP contribution in [0.4, 0.5) is 14.6 Å². The van der Waals surface area contributed by atoms with Gasteiger partial charge in [0, 0.05) is 11.6 Å². The third-order valence-electron chi connectivity index (χ3n) is 2.80. The second-order valence-corrected chi connectivity index (χ2v) is 4.35. The van der Waals surface area contributed by atoms with Gasteiger partial charge in [-0.2, -0.15) is 0 Å². The van der Waals surface area contributed by atoms with Gasteiger partial charge in [0.25, 0.3) is 0 Å². The highest BCUT2D eigenvalue weighted by molar-refractivity contribution is 5.60. The summed E-state index contributed by atoms with van der Waals surface area (Å²) in [6.07, 6.45) is 2.28. The summed E-state index contributed by atoms with van der Waals surface area (Å²) in [5, 5.41) is 11.0. The fourth-order valence-corrected chi connectivity index (χ4v) is 1.68. The monoisotopic (exact) mass is 247 g/mol. The lowest BCUT2D eigenvalue weighted by Gasteiger charge is -2.05. The summed E-state index contributed by atoms with van der Waals surface area (Å²) in [5.41, 5.74) is 0.453. The summed E-state index contributed by atoms with van der Waals surface area (Å²) in [6.45, 7) is 0. The molecule has 5 heteroatoms. The van der Waals surface area contributed by atoms with Gasteiger partial charge in [-0.05, 0) is 43.2 Å². The predicted octanol–water partition coefficient (Wildman–Crippen LogP) is 3.00. The van der Waals surface area contributed by atoms with E-state index in [1.54, 1.807) is 12.1 Å². The van der Waals surface area contributed by atoms with E-state index in [0.29, 0.717) is 17.6 Å². The van der Waals surface area contributed by atoms with Crippen molar-refractivity contribution in [3.63, 3.8) is 0 Å². The molecule has 0 atom stereocenters. The van der Waals surface area contributed by atoms with Gasteiger partial charge in [0.2, 0.25) is 0 Å². The molecule has 1 N–H and O–H groups in total. The molecule has 1 aromatic heterocycles. The van der Waals surface area contributed by atoms with Crippen molar-refractivity contribution < 1.29 is 8.78 Å². The number of nitrogens with one attached hydrogen (secondary N) is 1. The van der Waals surface area contributed by atoms with Crippen LogP contribution in [0.25, 0.3) is 11.3 Å². The minimum absolute atomic E-state index is 0.125. The van der Waals surface area contributed by atoms with E-state index in [9.17, 15) is 8.78 Å². The maximum Gasteiger partial charge on any atom is 0.148 e. The number of halogens is 2.